The van der Waals surface area contributed by atoms with E-state index in [0.717, 1.165) is 30.4 Å². The monoisotopic (exact) mass is 624 g/mol. The van der Waals surface area contributed by atoms with Crippen LogP contribution in [0.15, 0.2) is 96.4 Å². The Kier molecular flexibility index (Phi) is 10.1. The van der Waals surface area contributed by atoms with Crippen LogP contribution in [0.1, 0.15) is 59.2 Å². The van der Waals surface area contributed by atoms with Crippen LogP contribution in [0.2, 0.25) is 5.02 Å². The molecule has 0 radical (unpaired) electrons. The van der Waals surface area contributed by atoms with Gasteiger partial charge in [0.2, 0.25) is 5.88 Å². The fraction of sp³-hybridized carbons (Fsp3) is 0.222. The third-order valence-electron chi connectivity index (χ3n) is 7.37. The number of esters is 1. The Bertz CT molecular complexity index is 1750. The Labute approximate surface area is 267 Å². The highest BCUT2D eigenvalue weighted by molar-refractivity contribution is 6.31. The van der Waals surface area contributed by atoms with E-state index in [1.54, 1.807) is 67.8 Å². The van der Waals surface area contributed by atoms with Crippen LogP contribution < -0.4 is 29.4 Å². The first-order chi connectivity index (χ1) is 21.9. The summed E-state index contributed by atoms with van der Waals surface area (Å²) in [6.45, 7) is 3.03. The molecule has 0 aromatic heterocycles. The van der Waals surface area contributed by atoms with Crippen molar-refractivity contribution in [3.05, 3.63) is 124 Å². The van der Waals surface area contributed by atoms with Gasteiger partial charge in [0.15, 0.2) is 11.5 Å². The maximum atomic E-state index is 12.9. The van der Waals surface area contributed by atoms with Gasteiger partial charge in [-0.2, -0.15) is 5.26 Å². The maximum Gasteiger partial charge on any atom is 0.343 e. The van der Waals surface area contributed by atoms with Gasteiger partial charge in [0.25, 0.3) is 0 Å². The molecule has 0 spiro atoms. The van der Waals surface area contributed by atoms with E-state index in [4.69, 9.17) is 41.0 Å². The van der Waals surface area contributed by atoms with Gasteiger partial charge in [0.1, 0.15) is 35.5 Å². The van der Waals surface area contributed by atoms with Crippen LogP contribution in [0.4, 0.5) is 0 Å². The Balaban J connectivity index is 1.34. The van der Waals surface area contributed by atoms with Crippen molar-refractivity contribution >= 4 is 17.6 Å². The Hall–Kier alpha value is -5.13. The number of benzene rings is 4. The van der Waals surface area contributed by atoms with Crippen LogP contribution in [0.25, 0.3) is 0 Å². The summed E-state index contributed by atoms with van der Waals surface area (Å²) in [5.74, 6) is 1.21. The molecule has 45 heavy (non-hydrogen) atoms. The highest BCUT2D eigenvalue weighted by atomic mass is 35.5. The van der Waals surface area contributed by atoms with E-state index < -0.39 is 11.9 Å². The number of methoxy groups -OCH3 is 1. The van der Waals surface area contributed by atoms with Gasteiger partial charge in [-0.3, -0.25) is 0 Å². The lowest BCUT2D eigenvalue weighted by atomic mass is 9.83. The maximum absolute atomic E-state index is 12.9. The van der Waals surface area contributed by atoms with Crippen molar-refractivity contribution in [1.82, 2.24) is 0 Å². The number of hydrogen-bond donors (Lipinski definition) is 1. The van der Waals surface area contributed by atoms with Gasteiger partial charge < -0.3 is 29.4 Å². The lowest BCUT2D eigenvalue weighted by Gasteiger charge is -2.27. The molecule has 1 aliphatic heterocycles. The molecule has 0 saturated carbocycles. The highest BCUT2D eigenvalue weighted by Gasteiger charge is 2.32. The zero-order chi connectivity index (χ0) is 31.8. The number of allylic oxidation sites excluding steroid dienone is 1. The Morgan fingerprint density at radius 3 is 2.47 bits per heavy atom. The number of ether oxygens (including phenoxy) is 5. The topological polar surface area (TPSA) is 113 Å². The van der Waals surface area contributed by atoms with Crippen LogP contribution in [0.5, 0.6) is 28.7 Å². The van der Waals surface area contributed by atoms with Gasteiger partial charge in [0.05, 0.1) is 25.2 Å². The number of rotatable bonds is 12. The molecule has 1 aliphatic rings. The first-order valence-electron chi connectivity index (χ1n) is 14.6. The van der Waals surface area contributed by atoms with Crippen molar-refractivity contribution in [1.29, 1.82) is 5.26 Å². The Morgan fingerprint density at radius 2 is 1.73 bits per heavy atom. The van der Waals surface area contributed by atoms with Crippen LogP contribution in [0, 0.1) is 11.3 Å². The van der Waals surface area contributed by atoms with E-state index in [9.17, 15) is 10.1 Å². The van der Waals surface area contributed by atoms with Crippen molar-refractivity contribution in [2.24, 2.45) is 5.73 Å². The summed E-state index contributed by atoms with van der Waals surface area (Å²) >= 11 is 6.28. The van der Waals surface area contributed by atoms with Crippen LogP contribution in [-0.4, -0.2) is 19.7 Å². The molecule has 0 aliphatic carbocycles. The molecule has 0 saturated heterocycles. The van der Waals surface area contributed by atoms with Gasteiger partial charge in [0, 0.05) is 22.2 Å². The number of nitrogens with zero attached hydrogens (tertiary/aromatic N) is 1. The van der Waals surface area contributed by atoms with Gasteiger partial charge in [-0.1, -0.05) is 61.7 Å². The number of fused-ring (bicyclic) bond motifs is 1. The van der Waals surface area contributed by atoms with E-state index in [0.29, 0.717) is 45.8 Å². The number of nitrogens with two attached hydrogens (primary N) is 1. The molecular weight excluding hydrogens is 592 g/mol. The average molecular weight is 625 g/mol. The Morgan fingerprint density at radius 1 is 0.956 bits per heavy atom. The minimum atomic E-state index is -0.556. The SMILES string of the molecule is CCCCCOc1ccc(C(=O)Oc2ccc3c(c2)OC(N)=C(C#N)C3c2ccc(OCc3ccccc3Cl)c(OC)c2)cc1. The minimum Gasteiger partial charge on any atom is -0.494 e. The van der Waals surface area contributed by atoms with Crippen molar-refractivity contribution in [2.75, 3.05) is 13.7 Å². The van der Waals surface area contributed by atoms with Crippen LogP contribution >= 0.6 is 11.6 Å². The molecule has 230 valence electrons. The number of halogens is 1. The summed E-state index contributed by atoms with van der Waals surface area (Å²) in [4.78, 5) is 12.9. The molecule has 1 unspecified atom stereocenters. The second-order valence-corrected chi connectivity index (χ2v) is 10.8. The summed E-state index contributed by atoms with van der Waals surface area (Å²) in [6, 6.07) is 26.9. The highest BCUT2D eigenvalue weighted by Crippen LogP contribution is 2.45. The predicted octanol–water partition coefficient (Wildman–Crippen LogP) is 7.93. The number of nitriles is 1. The molecule has 9 heteroatoms. The van der Waals surface area contributed by atoms with Crippen LogP contribution in [-0.2, 0) is 6.61 Å². The molecule has 0 bridgehead atoms. The molecule has 2 N–H and O–H groups in total. The normalized spacial score (nSPS) is 13.7. The quantitative estimate of drug-likeness (QED) is 0.0960. The van der Waals surface area contributed by atoms with Gasteiger partial charge >= 0.3 is 5.97 Å². The summed E-state index contributed by atoms with van der Waals surface area (Å²) < 4.78 is 28.8. The molecule has 1 heterocycles. The van der Waals surface area contributed by atoms with Crippen molar-refractivity contribution in [2.45, 2.75) is 38.7 Å². The van der Waals surface area contributed by atoms with Crippen molar-refractivity contribution in [3.8, 4) is 34.8 Å². The fourth-order valence-electron chi connectivity index (χ4n) is 4.99. The number of unbranched alkanes of at least 4 members (excludes halogenated alkanes) is 2. The lowest BCUT2D eigenvalue weighted by Crippen LogP contribution is -2.21. The van der Waals surface area contributed by atoms with E-state index in [1.165, 1.54) is 0 Å². The minimum absolute atomic E-state index is 0.0361. The van der Waals surface area contributed by atoms with Gasteiger partial charge in [-0.15, -0.1) is 0 Å². The zero-order valence-corrected chi connectivity index (χ0v) is 25.8. The predicted molar refractivity (Wildman–Crippen MR) is 171 cm³/mol. The smallest absolute Gasteiger partial charge is 0.343 e. The second-order valence-electron chi connectivity index (χ2n) is 10.4. The first kappa shape index (κ1) is 31.3. The molecule has 4 aromatic carbocycles. The molecule has 5 rings (SSSR count). The van der Waals surface area contributed by atoms with Gasteiger partial charge in [-0.25, -0.2) is 4.79 Å². The number of carbonyl (C=O) groups is 1. The molecule has 0 amide bonds. The van der Waals surface area contributed by atoms with Crippen LogP contribution in [0.3, 0.4) is 0 Å². The van der Waals surface area contributed by atoms with E-state index >= 15 is 0 Å². The molecule has 4 aromatic rings. The summed E-state index contributed by atoms with van der Waals surface area (Å²) in [7, 11) is 1.55. The first-order valence-corrected chi connectivity index (χ1v) is 15.0. The largest absolute Gasteiger partial charge is 0.494 e. The zero-order valence-electron chi connectivity index (χ0n) is 25.0. The fourth-order valence-corrected chi connectivity index (χ4v) is 5.18. The van der Waals surface area contributed by atoms with Gasteiger partial charge in [-0.05, 0) is 60.5 Å². The summed E-state index contributed by atoms with van der Waals surface area (Å²) in [6.07, 6.45) is 3.21. The number of hydrogen-bond acceptors (Lipinski definition) is 8. The lowest BCUT2D eigenvalue weighted by molar-refractivity contribution is 0.0734. The van der Waals surface area contributed by atoms with Crippen molar-refractivity contribution < 1.29 is 28.5 Å². The van der Waals surface area contributed by atoms with E-state index in [-0.39, 0.29) is 23.8 Å². The average Bonchev–Trinajstić information content (AvgIpc) is 3.06. The molecule has 8 nitrogen and oxygen atoms in total. The third kappa shape index (κ3) is 7.34. The molecular formula is C36H33ClN2O6. The molecule has 1 atom stereocenters. The molecule has 0 fully saturated rings. The standard InChI is InChI=1S/C36H33ClN2O6/c1-3-4-7-18-42-26-13-10-23(11-14-26)36(40)44-27-15-16-28-32(20-27)45-35(39)29(21-38)34(28)24-12-17-31(33(19-24)41-2)43-22-25-8-5-6-9-30(25)37/h5-6,8-17,19-20,34H,3-4,7,18,22,39H2,1-2H3. The number of carbonyl (C=O) groups excluding carboxylic acids is 1. The van der Waals surface area contributed by atoms with E-state index in [1.807, 2.05) is 24.3 Å². The second kappa shape index (κ2) is 14.6. The van der Waals surface area contributed by atoms with E-state index in [2.05, 4.69) is 13.0 Å². The van der Waals surface area contributed by atoms with Crippen molar-refractivity contribution in [3.63, 3.8) is 0 Å². The summed E-state index contributed by atoms with van der Waals surface area (Å²) in [5.41, 5.74) is 9.09. The summed E-state index contributed by atoms with van der Waals surface area (Å²) in [5, 5.41) is 10.6. The third-order valence-corrected chi connectivity index (χ3v) is 7.74.